The van der Waals surface area contributed by atoms with E-state index in [0.29, 0.717) is 5.75 Å². The number of amides is 1. The quantitative estimate of drug-likeness (QED) is 0.476. The second-order valence-electron chi connectivity index (χ2n) is 6.27. The fourth-order valence-electron chi connectivity index (χ4n) is 3.08. The van der Waals surface area contributed by atoms with E-state index in [1.807, 2.05) is 60.7 Å². The lowest BCUT2D eigenvalue weighted by molar-refractivity contribution is -0.384. The molecule has 3 aromatic rings. The summed E-state index contributed by atoms with van der Waals surface area (Å²) in [6.07, 6.45) is 0.164. The molecule has 0 radical (unpaired) electrons. The molecule has 1 N–H and O–H groups in total. The van der Waals surface area contributed by atoms with Gasteiger partial charge >= 0.3 is 0 Å². The van der Waals surface area contributed by atoms with Crippen molar-refractivity contribution in [3.63, 3.8) is 0 Å². The number of methoxy groups -OCH3 is 1. The molecule has 0 spiro atoms. The highest BCUT2D eigenvalue weighted by atomic mass is 16.6. The maximum absolute atomic E-state index is 12.7. The predicted molar refractivity (Wildman–Crippen MR) is 108 cm³/mol. The molecular formula is C22H20N2O4. The normalized spacial score (nSPS) is 10.5. The molecule has 0 saturated carbocycles. The number of nitrogens with one attached hydrogen (secondary N) is 1. The van der Waals surface area contributed by atoms with Crippen LogP contribution in [0.25, 0.3) is 0 Å². The number of anilines is 1. The number of rotatable bonds is 7. The van der Waals surface area contributed by atoms with E-state index in [1.165, 1.54) is 19.2 Å². The van der Waals surface area contributed by atoms with Crippen LogP contribution in [0.4, 0.5) is 11.4 Å². The SMILES string of the molecule is COc1ccc(NC(=O)CC(c2ccccc2)c2ccccc2)c([N+](=O)[O-])c1. The molecule has 0 aliphatic heterocycles. The Balaban J connectivity index is 1.85. The maximum atomic E-state index is 12.7. The second kappa shape index (κ2) is 8.81. The fourth-order valence-corrected chi connectivity index (χ4v) is 3.08. The molecule has 0 saturated heterocycles. The first kappa shape index (κ1) is 19.1. The predicted octanol–water partition coefficient (Wildman–Crippen LogP) is 4.76. The van der Waals surface area contributed by atoms with Crippen LogP contribution in [0, 0.1) is 10.1 Å². The van der Waals surface area contributed by atoms with Crippen molar-refractivity contribution in [3.8, 4) is 5.75 Å². The Kier molecular flexibility index (Phi) is 6.01. The highest BCUT2D eigenvalue weighted by molar-refractivity contribution is 5.94. The van der Waals surface area contributed by atoms with E-state index in [2.05, 4.69) is 5.32 Å². The third kappa shape index (κ3) is 4.54. The Hall–Kier alpha value is -3.67. The summed E-state index contributed by atoms with van der Waals surface area (Å²) in [5.74, 6) is -0.0955. The van der Waals surface area contributed by atoms with Gasteiger partial charge in [-0.2, -0.15) is 0 Å². The van der Waals surface area contributed by atoms with Gasteiger partial charge < -0.3 is 10.1 Å². The van der Waals surface area contributed by atoms with Crippen molar-refractivity contribution in [3.05, 3.63) is 100 Å². The molecule has 28 heavy (non-hydrogen) atoms. The lowest BCUT2D eigenvalue weighted by Crippen LogP contribution is -2.17. The fraction of sp³-hybridized carbons (Fsp3) is 0.136. The van der Waals surface area contributed by atoms with E-state index in [4.69, 9.17) is 4.74 Å². The molecule has 6 heteroatoms. The summed E-state index contributed by atoms with van der Waals surface area (Å²) in [7, 11) is 1.43. The highest BCUT2D eigenvalue weighted by Crippen LogP contribution is 2.31. The van der Waals surface area contributed by atoms with Crippen LogP contribution in [0.15, 0.2) is 78.9 Å². The molecule has 0 atom stereocenters. The van der Waals surface area contributed by atoms with Crippen molar-refractivity contribution < 1.29 is 14.5 Å². The number of carbonyl (C=O) groups is 1. The third-order valence-electron chi connectivity index (χ3n) is 4.47. The average Bonchev–Trinajstić information content (AvgIpc) is 2.73. The molecule has 0 aromatic heterocycles. The number of nitro benzene ring substituents is 1. The summed E-state index contributed by atoms with van der Waals surface area (Å²) in [6.45, 7) is 0. The van der Waals surface area contributed by atoms with Crippen molar-refractivity contribution in [2.75, 3.05) is 12.4 Å². The summed E-state index contributed by atoms with van der Waals surface area (Å²) in [5.41, 5.74) is 1.96. The number of hydrogen-bond donors (Lipinski definition) is 1. The van der Waals surface area contributed by atoms with Crippen LogP contribution < -0.4 is 10.1 Å². The largest absolute Gasteiger partial charge is 0.496 e. The molecule has 6 nitrogen and oxygen atoms in total. The van der Waals surface area contributed by atoms with E-state index in [1.54, 1.807) is 6.07 Å². The third-order valence-corrected chi connectivity index (χ3v) is 4.47. The minimum atomic E-state index is -0.538. The van der Waals surface area contributed by atoms with Gasteiger partial charge in [-0.1, -0.05) is 60.7 Å². The van der Waals surface area contributed by atoms with Gasteiger partial charge in [0.15, 0.2) is 0 Å². The van der Waals surface area contributed by atoms with Gasteiger partial charge in [-0.05, 0) is 23.3 Å². The molecule has 1 amide bonds. The first-order chi connectivity index (χ1) is 13.6. The lowest BCUT2D eigenvalue weighted by Gasteiger charge is -2.18. The van der Waals surface area contributed by atoms with Crippen molar-refractivity contribution >= 4 is 17.3 Å². The average molecular weight is 376 g/mol. The summed E-state index contributed by atoms with van der Waals surface area (Å²) < 4.78 is 5.03. The summed E-state index contributed by atoms with van der Waals surface area (Å²) in [5, 5.41) is 14.0. The van der Waals surface area contributed by atoms with Crippen LogP contribution in [-0.2, 0) is 4.79 Å². The highest BCUT2D eigenvalue weighted by Gasteiger charge is 2.21. The number of benzene rings is 3. The molecule has 0 heterocycles. The molecule has 142 valence electrons. The maximum Gasteiger partial charge on any atom is 0.296 e. The van der Waals surface area contributed by atoms with Crippen molar-refractivity contribution in [2.24, 2.45) is 0 Å². The zero-order valence-electron chi connectivity index (χ0n) is 15.4. The van der Waals surface area contributed by atoms with Gasteiger partial charge in [0.25, 0.3) is 5.69 Å². The van der Waals surface area contributed by atoms with Gasteiger partial charge in [-0.3, -0.25) is 14.9 Å². The van der Waals surface area contributed by atoms with Crippen LogP contribution in [-0.4, -0.2) is 17.9 Å². The Morgan fingerprint density at radius 1 is 1.00 bits per heavy atom. The van der Waals surface area contributed by atoms with Gasteiger partial charge in [0.1, 0.15) is 11.4 Å². The molecule has 3 rings (SSSR count). The van der Waals surface area contributed by atoms with Crippen LogP contribution in [0.5, 0.6) is 5.75 Å². The number of carbonyl (C=O) groups excluding carboxylic acids is 1. The van der Waals surface area contributed by atoms with E-state index < -0.39 is 4.92 Å². The van der Waals surface area contributed by atoms with E-state index in [9.17, 15) is 14.9 Å². The van der Waals surface area contributed by atoms with E-state index in [-0.39, 0.29) is 29.6 Å². The van der Waals surface area contributed by atoms with E-state index in [0.717, 1.165) is 11.1 Å². The molecular weight excluding hydrogens is 356 g/mol. The van der Waals surface area contributed by atoms with Crippen LogP contribution in [0.2, 0.25) is 0 Å². The summed E-state index contributed by atoms with van der Waals surface area (Å²) >= 11 is 0. The van der Waals surface area contributed by atoms with Gasteiger partial charge in [-0.15, -0.1) is 0 Å². The van der Waals surface area contributed by atoms with Crippen LogP contribution >= 0.6 is 0 Å². The van der Waals surface area contributed by atoms with Crippen molar-refractivity contribution in [2.45, 2.75) is 12.3 Å². The topological polar surface area (TPSA) is 81.5 Å². The standard InChI is InChI=1S/C22H20N2O4/c1-28-18-12-13-20(21(14-18)24(26)27)23-22(25)15-19(16-8-4-2-5-9-16)17-10-6-3-7-11-17/h2-14,19H,15H2,1H3,(H,23,25). The molecule has 0 aliphatic rings. The first-order valence-corrected chi connectivity index (χ1v) is 8.80. The van der Waals surface area contributed by atoms with Gasteiger partial charge in [-0.25, -0.2) is 0 Å². The monoisotopic (exact) mass is 376 g/mol. The van der Waals surface area contributed by atoms with E-state index >= 15 is 0 Å². The molecule has 0 fully saturated rings. The Bertz CT molecular complexity index is 919. The molecule has 0 unspecified atom stereocenters. The smallest absolute Gasteiger partial charge is 0.296 e. The number of hydrogen-bond acceptors (Lipinski definition) is 4. The first-order valence-electron chi connectivity index (χ1n) is 8.80. The van der Waals surface area contributed by atoms with Crippen molar-refractivity contribution in [1.82, 2.24) is 0 Å². The minimum absolute atomic E-state index is 0.149. The molecule has 3 aromatic carbocycles. The Morgan fingerprint density at radius 2 is 1.57 bits per heavy atom. The Labute approximate surface area is 162 Å². The summed E-state index contributed by atoms with van der Waals surface area (Å²) in [6, 6.07) is 23.8. The van der Waals surface area contributed by atoms with Crippen molar-refractivity contribution in [1.29, 1.82) is 0 Å². The zero-order chi connectivity index (χ0) is 19.9. The van der Waals surface area contributed by atoms with Gasteiger partial charge in [0.2, 0.25) is 5.91 Å². The van der Waals surface area contributed by atoms with Crippen LogP contribution in [0.3, 0.4) is 0 Å². The number of nitro groups is 1. The molecule has 0 bridgehead atoms. The second-order valence-corrected chi connectivity index (χ2v) is 6.27. The molecule has 0 aliphatic carbocycles. The van der Waals surface area contributed by atoms with Crippen LogP contribution in [0.1, 0.15) is 23.5 Å². The lowest BCUT2D eigenvalue weighted by atomic mass is 9.88. The minimum Gasteiger partial charge on any atom is -0.496 e. The zero-order valence-corrected chi connectivity index (χ0v) is 15.4. The summed E-state index contributed by atoms with van der Waals surface area (Å²) in [4.78, 5) is 23.5. The Morgan fingerprint density at radius 3 is 2.07 bits per heavy atom. The number of nitrogens with zero attached hydrogens (tertiary/aromatic N) is 1. The van der Waals surface area contributed by atoms with Gasteiger partial charge in [0, 0.05) is 12.3 Å². The number of ether oxygens (including phenoxy) is 1. The van der Waals surface area contributed by atoms with Gasteiger partial charge in [0.05, 0.1) is 18.1 Å².